The van der Waals surface area contributed by atoms with Crippen molar-refractivity contribution in [1.82, 2.24) is 4.98 Å². The zero-order chi connectivity index (χ0) is 16.0. The van der Waals surface area contributed by atoms with Gasteiger partial charge < -0.3 is 9.40 Å². The van der Waals surface area contributed by atoms with Crippen molar-refractivity contribution >= 4 is 35.2 Å². The Morgan fingerprint density at radius 3 is 2.50 bits per heavy atom. The number of furan rings is 1. The molecule has 2 aromatic carbocycles. The smallest absolute Gasteiger partial charge is 0.134 e. The van der Waals surface area contributed by atoms with E-state index in [9.17, 15) is 0 Å². The van der Waals surface area contributed by atoms with Crippen molar-refractivity contribution in [2.24, 2.45) is 0 Å². The first kappa shape index (κ1) is 17.1. The molecule has 0 spiro atoms. The summed E-state index contributed by atoms with van der Waals surface area (Å²) in [7, 11) is -1.41. The van der Waals surface area contributed by atoms with Crippen LogP contribution in [0, 0.1) is 6.07 Å². The van der Waals surface area contributed by atoms with Gasteiger partial charge in [-0.2, -0.15) is 0 Å². The number of nitrogens with zero attached hydrogens (tertiary/aromatic N) is 1. The van der Waals surface area contributed by atoms with Crippen LogP contribution in [0.2, 0.25) is 19.6 Å². The van der Waals surface area contributed by atoms with E-state index in [1.54, 1.807) is 0 Å². The van der Waals surface area contributed by atoms with Crippen molar-refractivity contribution in [3.8, 4) is 11.3 Å². The van der Waals surface area contributed by atoms with Crippen LogP contribution in [0.4, 0.5) is 0 Å². The summed E-state index contributed by atoms with van der Waals surface area (Å²) in [5.74, 6) is 0. The summed E-state index contributed by atoms with van der Waals surface area (Å²) in [6, 6.07) is 20.1. The van der Waals surface area contributed by atoms with Crippen molar-refractivity contribution in [3.05, 3.63) is 60.8 Å². The predicted molar refractivity (Wildman–Crippen MR) is 98.8 cm³/mol. The molecule has 0 fully saturated rings. The van der Waals surface area contributed by atoms with Crippen LogP contribution in [0.15, 0.2) is 59.1 Å². The van der Waals surface area contributed by atoms with Crippen LogP contribution in [-0.2, 0) is 20.1 Å². The summed E-state index contributed by atoms with van der Waals surface area (Å²) in [6.45, 7) is 7.01. The van der Waals surface area contributed by atoms with Gasteiger partial charge in [-0.3, -0.25) is 0 Å². The Kier molecular flexibility index (Phi) is 4.47. The Morgan fingerprint density at radius 2 is 1.71 bits per heavy atom. The first-order chi connectivity index (χ1) is 11.0. The van der Waals surface area contributed by atoms with Gasteiger partial charge in [0.2, 0.25) is 0 Å². The molecule has 4 aromatic rings. The van der Waals surface area contributed by atoms with Gasteiger partial charge in [-0.1, -0.05) is 37.8 Å². The zero-order valence-corrected chi connectivity index (χ0v) is 17.3. The Bertz CT molecular complexity index is 1020. The van der Waals surface area contributed by atoms with E-state index in [0.717, 1.165) is 33.2 Å². The summed E-state index contributed by atoms with van der Waals surface area (Å²) < 4.78 is 5.97. The van der Waals surface area contributed by atoms with Gasteiger partial charge >= 0.3 is 0 Å². The number of hydrogen-bond acceptors (Lipinski definition) is 2. The largest absolute Gasteiger partial charge is 0.457 e. The third-order valence-electron chi connectivity index (χ3n) is 4.15. The summed E-state index contributed by atoms with van der Waals surface area (Å²) in [4.78, 5) is 4.65. The molecule has 0 unspecified atom stereocenters. The van der Waals surface area contributed by atoms with E-state index < -0.39 is 8.07 Å². The first-order valence-electron chi connectivity index (χ1n) is 7.83. The van der Waals surface area contributed by atoms with Crippen molar-refractivity contribution in [1.29, 1.82) is 0 Å². The van der Waals surface area contributed by atoms with E-state index in [-0.39, 0.29) is 20.1 Å². The molecule has 2 heterocycles. The van der Waals surface area contributed by atoms with Crippen LogP contribution in [0.1, 0.15) is 0 Å². The Hall–Kier alpha value is -1.74. The molecule has 123 valence electrons. The van der Waals surface area contributed by atoms with Gasteiger partial charge in [0.05, 0.1) is 8.07 Å². The number of benzene rings is 2. The van der Waals surface area contributed by atoms with E-state index in [1.807, 2.05) is 30.5 Å². The van der Waals surface area contributed by atoms with Crippen LogP contribution in [-0.4, -0.2) is 13.1 Å². The van der Waals surface area contributed by atoms with Crippen molar-refractivity contribution in [2.75, 3.05) is 0 Å². The molecule has 0 amide bonds. The normalized spacial score (nSPS) is 11.6. The van der Waals surface area contributed by atoms with Gasteiger partial charge in [-0.25, -0.2) is 0 Å². The van der Waals surface area contributed by atoms with Crippen LogP contribution < -0.4 is 5.19 Å². The molecule has 4 rings (SSSR count). The summed E-state index contributed by atoms with van der Waals surface area (Å²) >= 11 is 0. The standard InChI is InChI=1S/C20H18NOSi.Ir/c1-23(2,3)15-8-6-7-14(13-15)20-19-16-9-4-5-10-17(16)22-18(19)11-12-21-20;/h4-12H,1-3H3;/q-1;. The molecule has 0 saturated heterocycles. The van der Waals surface area contributed by atoms with Crippen LogP contribution >= 0.6 is 0 Å². The second kappa shape index (κ2) is 6.28. The SMILES string of the molecule is C[Si](C)(C)c1[c-]c(-c2nccc3oc4ccccc4c23)ccc1.[Ir]. The van der Waals surface area contributed by atoms with Gasteiger partial charge in [-0.05, 0) is 17.8 Å². The predicted octanol–water partition coefficient (Wildman–Crippen LogP) is 4.99. The monoisotopic (exact) mass is 509 g/mol. The molecule has 0 aliphatic heterocycles. The van der Waals surface area contributed by atoms with Crippen LogP contribution in [0.25, 0.3) is 33.2 Å². The first-order valence-corrected chi connectivity index (χ1v) is 11.3. The quantitative estimate of drug-likeness (QED) is 0.282. The molecule has 0 N–H and O–H groups in total. The number of aromatic nitrogens is 1. The van der Waals surface area contributed by atoms with Gasteiger partial charge in [0.1, 0.15) is 11.2 Å². The summed E-state index contributed by atoms with van der Waals surface area (Å²) in [5.41, 5.74) is 3.77. The second-order valence-electron chi connectivity index (χ2n) is 6.86. The van der Waals surface area contributed by atoms with Gasteiger partial charge in [0.15, 0.2) is 0 Å². The maximum absolute atomic E-state index is 5.97. The fourth-order valence-corrected chi connectivity index (χ4v) is 4.02. The number of para-hydroxylation sites is 1. The molecule has 24 heavy (non-hydrogen) atoms. The molecule has 2 aromatic heterocycles. The zero-order valence-electron chi connectivity index (χ0n) is 13.9. The average molecular weight is 509 g/mol. The van der Waals surface area contributed by atoms with E-state index in [0.29, 0.717) is 0 Å². The van der Waals surface area contributed by atoms with E-state index >= 15 is 0 Å². The van der Waals surface area contributed by atoms with E-state index in [2.05, 4.69) is 55.0 Å². The number of rotatable bonds is 2. The number of hydrogen-bond donors (Lipinski definition) is 0. The minimum Gasteiger partial charge on any atom is -0.457 e. The molecular formula is C20H18IrNOSi-. The Balaban J connectivity index is 0.00000169. The molecule has 0 atom stereocenters. The maximum Gasteiger partial charge on any atom is 0.134 e. The number of pyridine rings is 1. The summed E-state index contributed by atoms with van der Waals surface area (Å²) in [5, 5.41) is 3.51. The average Bonchev–Trinajstić information content (AvgIpc) is 2.93. The molecule has 1 radical (unpaired) electrons. The van der Waals surface area contributed by atoms with Crippen molar-refractivity contribution in [2.45, 2.75) is 19.6 Å². The molecule has 0 bridgehead atoms. The third-order valence-corrected chi connectivity index (χ3v) is 6.06. The third kappa shape index (κ3) is 2.86. The minimum absolute atomic E-state index is 0. The molecule has 0 aliphatic rings. The molecule has 2 nitrogen and oxygen atoms in total. The second-order valence-corrected chi connectivity index (χ2v) is 11.9. The number of fused-ring (bicyclic) bond motifs is 3. The molecular weight excluding hydrogens is 491 g/mol. The van der Waals surface area contributed by atoms with Gasteiger partial charge in [-0.15, -0.1) is 35.0 Å². The topological polar surface area (TPSA) is 26.0 Å². The van der Waals surface area contributed by atoms with Crippen molar-refractivity contribution in [3.63, 3.8) is 0 Å². The van der Waals surface area contributed by atoms with Crippen LogP contribution in [0.5, 0.6) is 0 Å². The molecule has 0 aliphatic carbocycles. The fraction of sp³-hybridized carbons (Fsp3) is 0.150. The van der Waals surface area contributed by atoms with Gasteiger partial charge in [0.25, 0.3) is 0 Å². The van der Waals surface area contributed by atoms with E-state index in [1.165, 1.54) is 5.19 Å². The Morgan fingerprint density at radius 1 is 0.917 bits per heavy atom. The Labute approximate surface area is 156 Å². The molecule has 4 heteroatoms. The van der Waals surface area contributed by atoms with E-state index in [4.69, 9.17) is 4.42 Å². The maximum atomic E-state index is 5.97. The fourth-order valence-electron chi connectivity index (χ4n) is 2.92. The van der Waals surface area contributed by atoms with Gasteiger partial charge in [0, 0.05) is 37.1 Å². The summed E-state index contributed by atoms with van der Waals surface area (Å²) in [6.07, 6.45) is 1.81. The van der Waals surface area contributed by atoms with Crippen molar-refractivity contribution < 1.29 is 24.5 Å². The van der Waals surface area contributed by atoms with Crippen LogP contribution in [0.3, 0.4) is 0 Å². The minimum atomic E-state index is -1.41. The molecule has 0 saturated carbocycles.